The van der Waals surface area contributed by atoms with Crippen LogP contribution in [0.2, 0.25) is 0 Å². The van der Waals surface area contributed by atoms with Crippen molar-refractivity contribution >= 4 is 11.4 Å². The summed E-state index contributed by atoms with van der Waals surface area (Å²) in [6, 6.07) is 5.09. The number of nitrogens with zero attached hydrogens (tertiary/aromatic N) is 2. The number of hydrogen-bond acceptors (Lipinski definition) is 5. The molecule has 20 heavy (non-hydrogen) atoms. The van der Waals surface area contributed by atoms with Crippen molar-refractivity contribution in [2.45, 2.75) is 32.7 Å². The number of nitrogens with two attached hydrogens (primary N) is 1. The molecule has 110 valence electrons. The van der Waals surface area contributed by atoms with Crippen LogP contribution in [-0.4, -0.2) is 22.9 Å². The summed E-state index contributed by atoms with van der Waals surface area (Å²) in [7, 11) is 0. The SMILES string of the molecule is CCC1CCCN(Cc2cccc([N+](=O)[O-])c2NN)C1. The lowest BCUT2D eigenvalue weighted by molar-refractivity contribution is -0.384. The molecule has 1 atom stereocenters. The molecule has 1 fully saturated rings. The van der Waals surface area contributed by atoms with Gasteiger partial charge in [-0.2, -0.15) is 0 Å². The van der Waals surface area contributed by atoms with E-state index in [4.69, 9.17) is 5.84 Å². The van der Waals surface area contributed by atoms with Crippen LogP contribution in [0.15, 0.2) is 18.2 Å². The Balaban J connectivity index is 2.16. The van der Waals surface area contributed by atoms with Gasteiger partial charge in [0.15, 0.2) is 0 Å². The van der Waals surface area contributed by atoms with Gasteiger partial charge in [-0.3, -0.25) is 20.9 Å². The number of nitro groups is 1. The number of para-hydroxylation sites is 1. The summed E-state index contributed by atoms with van der Waals surface area (Å²) in [5.41, 5.74) is 3.84. The van der Waals surface area contributed by atoms with Gasteiger partial charge in [-0.15, -0.1) is 0 Å². The molecule has 1 aliphatic rings. The van der Waals surface area contributed by atoms with Crippen molar-refractivity contribution in [3.8, 4) is 0 Å². The summed E-state index contributed by atoms with van der Waals surface area (Å²) < 4.78 is 0. The molecule has 1 heterocycles. The molecule has 0 saturated carbocycles. The van der Waals surface area contributed by atoms with Crippen LogP contribution in [0, 0.1) is 16.0 Å². The topological polar surface area (TPSA) is 84.4 Å². The molecule has 1 aromatic carbocycles. The normalized spacial score (nSPS) is 19.8. The minimum absolute atomic E-state index is 0.0362. The van der Waals surface area contributed by atoms with E-state index < -0.39 is 4.92 Å². The van der Waals surface area contributed by atoms with Crippen molar-refractivity contribution in [1.29, 1.82) is 0 Å². The molecule has 0 aromatic heterocycles. The number of benzene rings is 1. The third-order valence-electron chi connectivity index (χ3n) is 4.04. The molecule has 1 aromatic rings. The fourth-order valence-electron chi connectivity index (χ4n) is 2.91. The van der Waals surface area contributed by atoms with Gasteiger partial charge < -0.3 is 5.43 Å². The zero-order chi connectivity index (χ0) is 14.5. The van der Waals surface area contributed by atoms with Crippen LogP contribution in [0.1, 0.15) is 31.7 Å². The van der Waals surface area contributed by atoms with Gasteiger partial charge in [0.2, 0.25) is 0 Å². The van der Waals surface area contributed by atoms with Gasteiger partial charge >= 0.3 is 0 Å². The minimum atomic E-state index is -0.399. The van der Waals surface area contributed by atoms with Gasteiger partial charge in [0.05, 0.1) is 4.92 Å². The van der Waals surface area contributed by atoms with Crippen molar-refractivity contribution in [3.05, 3.63) is 33.9 Å². The highest BCUT2D eigenvalue weighted by molar-refractivity contribution is 5.65. The number of nitro benzene ring substituents is 1. The monoisotopic (exact) mass is 278 g/mol. The van der Waals surface area contributed by atoms with E-state index in [9.17, 15) is 10.1 Å². The fourth-order valence-corrected chi connectivity index (χ4v) is 2.91. The van der Waals surface area contributed by atoms with Gasteiger partial charge in [0.1, 0.15) is 5.69 Å². The summed E-state index contributed by atoms with van der Waals surface area (Å²) in [6.07, 6.45) is 3.66. The Bertz CT molecular complexity index is 478. The molecule has 1 saturated heterocycles. The summed E-state index contributed by atoms with van der Waals surface area (Å²) >= 11 is 0. The first-order valence-corrected chi connectivity index (χ1v) is 7.11. The predicted molar refractivity (Wildman–Crippen MR) is 79.2 cm³/mol. The lowest BCUT2D eigenvalue weighted by Crippen LogP contribution is -2.35. The van der Waals surface area contributed by atoms with Crippen molar-refractivity contribution in [2.75, 3.05) is 18.5 Å². The lowest BCUT2D eigenvalue weighted by Gasteiger charge is -2.32. The summed E-state index contributed by atoms with van der Waals surface area (Å²) in [5, 5.41) is 11.0. The Morgan fingerprint density at radius 3 is 3.00 bits per heavy atom. The number of nitrogens with one attached hydrogen (secondary N) is 1. The van der Waals surface area contributed by atoms with E-state index in [0.717, 1.165) is 24.6 Å². The zero-order valence-electron chi connectivity index (χ0n) is 11.8. The number of nitrogen functional groups attached to an aromatic ring is 1. The maximum atomic E-state index is 11.0. The number of anilines is 1. The van der Waals surface area contributed by atoms with E-state index >= 15 is 0 Å². The molecule has 2 rings (SSSR count). The van der Waals surface area contributed by atoms with Crippen LogP contribution in [-0.2, 0) is 6.54 Å². The molecule has 0 radical (unpaired) electrons. The van der Waals surface area contributed by atoms with E-state index in [2.05, 4.69) is 17.2 Å². The van der Waals surface area contributed by atoms with Crippen molar-refractivity contribution < 1.29 is 4.92 Å². The Morgan fingerprint density at radius 1 is 1.55 bits per heavy atom. The van der Waals surface area contributed by atoms with Crippen molar-refractivity contribution in [3.63, 3.8) is 0 Å². The molecule has 6 nitrogen and oxygen atoms in total. The third-order valence-corrected chi connectivity index (χ3v) is 4.04. The van der Waals surface area contributed by atoms with E-state index in [0.29, 0.717) is 12.2 Å². The van der Waals surface area contributed by atoms with E-state index in [1.807, 2.05) is 6.07 Å². The quantitative estimate of drug-likeness (QED) is 0.491. The summed E-state index contributed by atoms with van der Waals surface area (Å²) in [5.74, 6) is 6.21. The first-order valence-electron chi connectivity index (χ1n) is 7.11. The Morgan fingerprint density at radius 2 is 2.35 bits per heavy atom. The molecule has 1 unspecified atom stereocenters. The molecule has 0 spiro atoms. The van der Waals surface area contributed by atoms with Gasteiger partial charge in [-0.25, -0.2) is 0 Å². The highest BCUT2D eigenvalue weighted by Gasteiger charge is 2.22. The maximum Gasteiger partial charge on any atom is 0.293 e. The zero-order valence-corrected chi connectivity index (χ0v) is 11.8. The van der Waals surface area contributed by atoms with Gasteiger partial charge in [0, 0.05) is 19.2 Å². The number of hydrazine groups is 1. The molecule has 3 N–H and O–H groups in total. The second-order valence-electron chi connectivity index (χ2n) is 5.36. The average Bonchev–Trinajstić information content (AvgIpc) is 2.47. The maximum absolute atomic E-state index is 11.0. The van der Waals surface area contributed by atoms with Gasteiger partial charge in [0.25, 0.3) is 5.69 Å². The molecule has 0 bridgehead atoms. The predicted octanol–water partition coefficient (Wildman–Crippen LogP) is 2.50. The largest absolute Gasteiger partial charge is 0.318 e. The van der Waals surface area contributed by atoms with E-state index in [1.54, 1.807) is 6.07 Å². The molecule has 0 aliphatic carbocycles. The van der Waals surface area contributed by atoms with Crippen LogP contribution in [0.3, 0.4) is 0 Å². The second kappa shape index (κ2) is 6.67. The van der Waals surface area contributed by atoms with Crippen LogP contribution in [0.5, 0.6) is 0 Å². The molecular weight excluding hydrogens is 256 g/mol. The Labute approximate surface area is 119 Å². The second-order valence-corrected chi connectivity index (χ2v) is 5.36. The fraction of sp³-hybridized carbons (Fsp3) is 0.571. The van der Waals surface area contributed by atoms with Crippen molar-refractivity contribution in [1.82, 2.24) is 4.90 Å². The van der Waals surface area contributed by atoms with E-state index in [1.165, 1.54) is 25.3 Å². The number of likely N-dealkylation sites (tertiary alicyclic amines) is 1. The van der Waals surface area contributed by atoms with Crippen LogP contribution >= 0.6 is 0 Å². The van der Waals surface area contributed by atoms with Crippen LogP contribution in [0.25, 0.3) is 0 Å². The lowest BCUT2D eigenvalue weighted by atomic mass is 9.95. The smallest absolute Gasteiger partial charge is 0.293 e. The highest BCUT2D eigenvalue weighted by Crippen LogP contribution is 2.29. The third kappa shape index (κ3) is 3.26. The minimum Gasteiger partial charge on any atom is -0.318 e. The van der Waals surface area contributed by atoms with Gasteiger partial charge in [-0.05, 0) is 30.9 Å². The highest BCUT2D eigenvalue weighted by atomic mass is 16.6. The standard InChI is InChI=1S/C14H22N4O2/c1-2-11-5-4-8-17(9-11)10-12-6-3-7-13(18(19)20)14(12)16-15/h3,6-7,11,16H,2,4-5,8-10,15H2,1H3. The van der Waals surface area contributed by atoms with E-state index in [-0.39, 0.29) is 5.69 Å². The molecule has 0 amide bonds. The first-order chi connectivity index (χ1) is 9.65. The molecular formula is C14H22N4O2. The Hall–Kier alpha value is -1.66. The summed E-state index contributed by atoms with van der Waals surface area (Å²) in [4.78, 5) is 13.0. The average molecular weight is 278 g/mol. The summed E-state index contributed by atoms with van der Waals surface area (Å²) in [6.45, 7) is 5.03. The molecule has 1 aliphatic heterocycles. The first kappa shape index (κ1) is 14.7. The molecule has 6 heteroatoms. The number of piperidine rings is 1. The van der Waals surface area contributed by atoms with Crippen molar-refractivity contribution in [2.24, 2.45) is 11.8 Å². The van der Waals surface area contributed by atoms with Crippen LogP contribution in [0.4, 0.5) is 11.4 Å². The van der Waals surface area contributed by atoms with Crippen LogP contribution < -0.4 is 11.3 Å². The number of rotatable bonds is 5. The number of hydrogen-bond donors (Lipinski definition) is 2. The van der Waals surface area contributed by atoms with Gasteiger partial charge in [-0.1, -0.05) is 25.5 Å². The Kier molecular flexibility index (Phi) is 4.92.